The van der Waals surface area contributed by atoms with E-state index in [1.54, 1.807) is 0 Å². The molecule has 28 heavy (non-hydrogen) atoms. The zero-order chi connectivity index (χ0) is 19.4. The summed E-state index contributed by atoms with van der Waals surface area (Å²) in [7, 11) is 0. The number of benzene rings is 2. The molecule has 0 bridgehead atoms. The summed E-state index contributed by atoms with van der Waals surface area (Å²) in [6, 6.07) is 20.6. The van der Waals surface area contributed by atoms with Crippen LogP contribution in [0.5, 0.6) is 0 Å². The molecule has 150 valence electrons. The van der Waals surface area contributed by atoms with Crippen molar-refractivity contribution in [3.8, 4) is 0 Å². The predicted molar refractivity (Wildman–Crippen MR) is 113 cm³/mol. The van der Waals surface area contributed by atoms with Gasteiger partial charge in [-0.15, -0.1) is 0 Å². The van der Waals surface area contributed by atoms with E-state index >= 15 is 0 Å². The third-order valence-corrected chi connectivity index (χ3v) is 5.11. The van der Waals surface area contributed by atoms with Gasteiger partial charge in [0.2, 0.25) is 0 Å². The molecule has 2 aromatic carbocycles. The first-order valence-electron chi connectivity index (χ1n) is 10.4. The summed E-state index contributed by atoms with van der Waals surface area (Å²) in [6.07, 6.45) is 5.77. The van der Waals surface area contributed by atoms with Gasteiger partial charge in [-0.25, -0.2) is 0 Å². The summed E-state index contributed by atoms with van der Waals surface area (Å²) in [5, 5.41) is 0. The summed E-state index contributed by atoms with van der Waals surface area (Å²) >= 11 is 0. The first-order chi connectivity index (χ1) is 13.8. The fourth-order valence-electron chi connectivity index (χ4n) is 3.52. The molecule has 0 N–H and O–H groups in total. The Hall–Kier alpha value is -1.94. The SMILES string of the molecule is CCCC1=CCC(C(COCc2ccccc2)COCc2ccccc2)OC1. The molecule has 0 saturated heterocycles. The van der Waals surface area contributed by atoms with E-state index in [9.17, 15) is 0 Å². The van der Waals surface area contributed by atoms with Crippen LogP contribution in [0, 0.1) is 5.92 Å². The molecule has 0 radical (unpaired) electrons. The van der Waals surface area contributed by atoms with Crippen molar-refractivity contribution >= 4 is 0 Å². The van der Waals surface area contributed by atoms with Crippen LogP contribution in [0.4, 0.5) is 0 Å². The van der Waals surface area contributed by atoms with Gasteiger partial charge in [0.15, 0.2) is 0 Å². The number of hydrogen-bond acceptors (Lipinski definition) is 3. The highest BCUT2D eigenvalue weighted by molar-refractivity contribution is 5.14. The normalized spacial score (nSPS) is 16.9. The van der Waals surface area contributed by atoms with Crippen LogP contribution in [0.25, 0.3) is 0 Å². The van der Waals surface area contributed by atoms with Gasteiger partial charge in [-0.2, -0.15) is 0 Å². The zero-order valence-electron chi connectivity index (χ0n) is 16.9. The number of ether oxygens (including phenoxy) is 3. The summed E-state index contributed by atoms with van der Waals surface area (Å²) in [4.78, 5) is 0. The predicted octanol–water partition coefficient (Wildman–Crippen LogP) is 5.55. The first-order valence-corrected chi connectivity index (χ1v) is 10.4. The lowest BCUT2D eigenvalue weighted by Crippen LogP contribution is -2.34. The highest BCUT2D eigenvalue weighted by Crippen LogP contribution is 2.23. The molecular weight excluding hydrogens is 348 g/mol. The lowest BCUT2D eigenvalue weighted by molar-refractivity contribution is -0.0580. The minimum atomic E-state index is 0.159. The second-order valence-electron chi connectivity index (χ2n) is 7.46. The lowest BCUT2D eigenvalue weighted by Gasteiger charge is -2.30. The van der Waals surface area contributed by atoms with Crippen molar-refractivity contribution in [2.24, 2.45) is 5.92 Å². The maximum Gasteiger partial charge on any atom is 0.0717 e. The molecular formula is C25H32O3. The van der Waals surface area contributed by atoms with Crippen molar-refractivity contribution in [2.75, 3.05) is 19.8 Å². The van der Waals surface area contributed by atoms with Crippen LogP contribution < -0.4 is 0 Å². The standard InChI is InChI=1S/C25H32O3/c1-2-9-21-14-15-25(28-18-21)24(19-26-16-22-10-5-3-6-11-22)20-27-17-23-12-7-4-8-13-23/h3-8,10-14,24-25H,2,9,15-20H2,1H3. The average Bonchev–Trinajstić information content (AvgIpc) is 2.75. The van der Waals surface area contributed by atoms with Crippen LogP contribution in [0.15, 0.2) is 72.3 Å². The Balaban J connectivity index is 1.52. The third kappa shape index (κ3) is 6.90. The topological polar surface area (TPSA) is 27.7 Å². The highest BCUT2D eigenvalue weighted by atomic mass is 16.5. The molecule has 3 nitrogen and oxygen atoms in total. The molecule has 0 spiro atoms. The molecule has 0 saturated carbocycles. The fourth-order valence-corrected chi connectivity index (χ4v) is 3.52. The van der Waals surface area contributed by atoms with Gasteiger partial charge >= 0.3 is 0 Å². The molecule has 0 amide bonds. The van der Waals surface area contributed by atoms with E-state index in [2.05, 4.69) is 37.3 Å². The highest BCUT2D eigenvalue weighted by Gasteiger charge is 2.25. The molecule has 1 aliphatic rings. The largest absolute Gasteiger partial charge is 0.376 e. The smallest absolute Gasteiger partial charge is 0.0717 e. The van der Waals surface area contributed by atoms with Crippen LogP contribution in [-0.4, -0.2) is 25.9 Å². The number of rotatable bonds is 11. The van der Waals surface area contributed by atoms with E-state index in [1.165, 1.54) is 23.1 Å². The van der Waals surface area contributed by atoms with Crippen LogP contribution >= 0.6 is 0 Å². The van der Waals surface area contributed by atoms with Gasteiger partial charge in [0.05, 0.1) is 39.1 Å². The van der Waals surface area contributed by atoms with Crippen molar-refractivity contribution in [3.63, 3.8) is 0 Å². The zero-order valence-corrected chi connectivity index (χ0v) is 16.9. The molecule has 0 aliphatic carbocycles. The van der Waals surface area contributed by atoms with E-state index in [0.29, 0.717) is 26.4 Å². The van der Waals surface area contributed by atoms with Gasteiger partial charge < -0.3 is 14.2 Å². The summed E-state index contributed by atoms with van der Waals surface area (Å²) < 4.78 is 18.2. The molecule has 3 heteroatoms. The van der Waals surface area contributed by atoms with Crippen LogP contribution in [0.3, 0.4) is 0 Å². The third-order valence-electron chi connectivity index (χ3n) is 5.11. The van der Waals surface area contributed by atoms with Crippen LogP contribution in [0.2, 0.25) is 0 Å². The number of hydrogen-bond donors (Lipinski definition) is 0. The minimum Gasteiger partial charge on any atom is -0.376 e. The van der Waals surface area contributed by atoms with E-state index in [-0.39, 0.29) is 12.0 Å². The van der Waals surface area contributed by atoms with Gasteiger partial charge in [-0.1, -0.05) is 80.1 Å². The Morgan fingerprint density at radius 2 is 1.46 bits per heavy atom. The molecule has 1 heterocycles. The molecule has 1 atom stereocenters. The van der Waals surface area contributed by atoms with Gasteiger partial charge in [-0.05, 0) is 29.5 Å². The Bertz CT molecular complexity index is 651. The van der Waals surface area contributed by atoms with Crippen molar-refractivity contribution in [2.45, 2.75) is 45.5 Å². The van der Waals surface area contributed by atoms with Gasteiger partial charge in [0, 0.05) is 5.92 Å². The maximum absolute atomic E-state index is 6.18. The van der Waals surface area contributed by atoms with Crippen molar-refractivity contribution in [1.29, 1.82) is 0 Å². The first kappa shape index (κ1) is 20.8. The fraction of sp³-hybridized carbons (Fsp3) is 0.440. The Labute approximate surface area is 169 Å². The van der Waals surface area contributed by atoms with Gasteiger partial charge in [-0.3, -0.25) is 0 Å². The van der Waals surface area contributed by atoms with E-state index in [0.717, 1.165) is 19.4 Å². The van der Waals surface area contributed by atoms with Crippen molar-refractivity contribution in [1.82, 2.24) is 0 Å². The van der Waals surface area contributed by atoms with Gasteiger partial charge in [0.1, 0.15) is 0 Å². The van der Waals surface area contributed by atoms with Crippen molar-refractivity contribution < 1.29 is 14.2 Å². The van der Waals surface area contributed by atoms with Crippen LogP contribution in [0.1, 0.15) is 37.3 Å². The maximum atomic E-state index is 6.18. The molecule has 2 aromatic rings. The van der Waals surface area contributed by atoms with Crippen molar-refractivity contribution in [3.05, 3.63) is 83.4 Å². The quantitative estimate of drug-likeness (QED) is 0.478. The Kier molecular flexibility index (Phi) is 8.76. The molecule has 0 fully saturated rings. The van der Waals surface area contributed by atoms with Crippen LogP contribution in [-0.2, 0) is 27.4 Å². The average molecular weight is 381 g/mol. The summed E-state index contributed by atoms with van der Waals surface area (Å²) in [5.74, 6) is 0.229. The van der Waals surface area contributed by atoms with E-state index in [1.807, 2.05) is 36.4 Å². The second kappa shape index (κ2) is 11.8. The summed E-state index contributed by atoms with van der Waals surface area (Å²) in [6.45, 7) is 5.49. The van der Waals surface area contributed by atoms with E-state index < -0.39 is 0 Å². The molecule has 1 aliphatic heterocycles. The second-order valence-corrected chi connectivity index (χ2v) is 7.46. The molecule has 1 unspecified atom stereocenters. The minimum absolute atomic E-state index is 0.159. The Morgan fingerprint density at radius 1 is 0.893 bits per heavy atom. The Morgan fingerprint density at radius 3 is 1.93 bits per heavy atom. The van der Waals surface area contributed by atoms with E-state index in [4.69, 9.17) is 14.2 Å². The monoisotopic (exact) mass is 380 g/mol. The lowest BCUT2D eigenvalue weighted by atomic mass is 9.96. The summed E-state index contributed by atoms with van der Waals surface area (Å²) in [5.41, 5.74) is 3.81. The molecule has 0 aromatic heterocycles. The van der Waals surface area contributed by atoms with Gasteiger partial charge in [0.25, 0.3) is 0 Å². The molecule has 3 rings (SSSR count).